The van der Waals surface area contributed by atoms with E-state index in [1.165, 1.54) is 55.2 Å². The second kappa shape index (κ2) is 8.18. The standard InChI is InChI=1S/C27H31NO/c29-19-28-25-17-8-7-15-23(25)26(21-12-5-2-6-13-21)24-16-9-14-22(27(24)28)18-20-10-3-1-4-11-20/h1-6,10-13,18-19,23-27H,7-9,14-17H2. The molecule has 0 N–H and O–H groups in total. The molecule has 2 aromatic rings. The molecule has 2 nitrogen and oxygen atoms in total. The molecule has 1 aliphatic heterocycles. The van der Waals surface area contributed by atoms with Gasteiger partial charge in [0.25, 0.3) is 0 Å². The van der Waals surface area contributed by atoms with Gasteiger partial charge in [-0.2, -0.15) is 0 Å². The van der Waals surface area contributed by atoms with Crippen molar-refractivity contribution in [2.24, 2.45) is 11.8 Å². The van der Waals surface area contributed by atoms with Gasteiger partial charge in [-0.1, -0.05) is 79.6 Å². The van der Waals surface area contributed by atoms with Crippen molar-refractivity contribution in [1.29, 1.82) is 0 Å². The van der Waals surface area contributed by atoms with E-state index in [-0.39, 0.29) is 6.04 Å². The summed E-state index contributed by atoms with van der Waals surface area (Å²) in [5, 5.41) is 0. The second-order valence-electron chi connectivity index (χ2n) is 9.14. The smallest absolute Gasteiger partial charge is 0.210 e. The fourth-order valence-corrected chi connectivity index (χ4v) is 6.60. The molecule has 0 spiro atoms. The molecule has 0 radical (unpaired) electrons. The normalized spacial score (nSPS) is 33.0. The number of hydrogen-bond donors (Lipinski definition) is 0. The van der Waals surface area contributed by atoms with E-state index in [1.54, 1.807) is 0 Å². The quantitative estimate of drug-likeness (QED) is 0.589. The highest BCUT2D eigenvalue weighted by molar-refractivity contribution is 5.59. The topological polar surface area (TPSA) is 20.3 Å². The molecule has 5 rings (SSSR count). The van der Waals surface area contributed by atoms with Crippen LogP contribution in [0.15, 0.2) is 66.2 Å². The molecule has 3 fully saturated rings. The zero-order chi connectivity index (χ0) is 19.6. The maximum atomic E-state index is 12.4. The number of benzene rings is 2. The van der Waals surface area contributed by atoms with Crippen LogP contribution in [0.1, 0.15) is 62.0 Å². The zero-order valence-corrected chi connectivity index (χ0v) is 17.1. The van der Waals surface area contributed by atoms with Gasteiger partial charge in [-0.15, -0.1) is 0 Å². The summed E-state index contributed by atoms with van der Waals surface area (Å²) < 4.78 is 0. The van der Waals surface area contributed by atoms with E-state index < -0.39 is 0 Å². The van der Waals surface area contributed by atoms with E-state index in [0.717, 1.165) is 12.8 Å². The fraction of sp³-hybridized carbons (Fsp3) is 0.444. The van der Waals surface area contributed by atoms with Gasteiger partial charge in [-0.05, 0) is 66.6 Å². The van der Waals surface area contributed by atoms with Crippen LogP contribution in [0.4, 0.5) is 0 Å². The van der Waals surface area contributed by atoms with E-state index in [9.17, 15) is 4.79 Å². The van der Waals surface area contributed by atoms with Crippen molar-refractivity contribution in [3.63, 3.8) is 0 Å². The maximum Gasteiger partial charge on any atom is 0.210 e. The number of amides is 1. The van der Waals surface area contributed by atoms with Crippen molar-refractivity contribution >= 4 is 12.5 Å². The van der Waals surface area contributed by atoms with E-state index in [2.05, 4.69) is 71.6 Å². The van der Waals surface area contributed by atoms with Crippen molar-refractivity contribution < 1.29 is 4.79 Å². The molecule has 2 heteroatoms. The van der Waals surface area contributed by atoms with Crippen LogP contribution >= 0.6 is 0 Å². The van der Waals surface area contributed by atoms with Crippen LogP contribution in [-0.4, -0.2) is 23.4 Å². The molecular formula is C27H31NO. The first-order valence-corrected chi connectivity index (χ1v) is 11.4. The van der Waals surface area contributed by atoms with Gasteiger partial charge in [0.05, 0.1) is 6.04 Å². The van der Waals surface area contributed by atoms with E-state index in [1.807, 2.05) is 0 Å². The number of piperidine rings is 1. The Morgan fingerprint density at radius 3 is 2.24 bits per heavy atom. The highest BCUT2D eigenvalue weighted by Gasteiger charge is 2.51. The molecule has 29 heavy (non-hydrogen) atoms. The Bertz CT molecular complexity index is 859. The van der Waals surface area contributed by atoms with Gasteiger partial charge < -0.3 is 4.90 Å². The third kappa shape index (κ3) is 3.43. The van der Waals surface area contributed by atoms with Crippen LogP contribution in [0.3, 0.4) is 0 Å². The van der Waals surface area contributed by atoms with Gasteiger partial charge in [0.15, 0.2) is 0 Å². The predicted molar refractivity (Wildman–Crippen MR) is 118 cm³/mol. The van der Waals surface area contributed by atoms with Gasteiger partial charge >= 0.3 is 0 Å². The van der Waals surface area contributed by atoms with Gasteiger partial charge in [0.1, 0.15) is 0 Å². The SMILES string of the molecule is O=CN1C2CCCCC2C(c2ccccc2)C2CCCC(=Cc3ccccc3)C21. The number of fused-ring (bicyclic) bond motifs is 2. The molecule has 3 aliphatic rings. The van der Waals surface area contributed by atoms with Crippen molar-refractivity contribution in [3.8, 4) is 0 Å². The molecule has 2 aliphatic carbocycles. The molecule has 5 unspecified atom stereocenters. The van der Waals surface area contributed by atoms with Gasteiger partial charge in [0, 0.05) is 6.04 Å². The van der Waals surface area contributed by atoms with E-state index in [0.29, 0.717) is 23.8 Å². The first-order chi connectivity index (χ1) is 14.4. The Kier molecular flexibility index (Phi) is 5.26. The minimum absolute atomic E-state index is 0.256. The summed E-state index contributed by atoms with van der Waals surface area (Å²) in [5.74, 6) is 1.71. The summed E-state index contributed by atoms with van der Waals surface area (Å²) in [5.41, 5.74) is 4.21. The molecule has 2 saturated carbocycles. The molecule has 5 atom stereocenters. The third-order valence-corrected chi connectivity index (χ3v) is 7.65. The molecule has 1 heterocycles. The van der Waals surface area contributed by atoms with Gasteiger partial charge in [-0.3, -0.25) is 4.79 Å². The van der Waals surface area contributed by atoms with Crippen LogP contribution in [0.5, 0.6) is 0 Å². The lowest BCUT2D eigenvalue weighted by Crippen LogP contribution is -2.60. The lowest BCUT2D eigenvalue weighted by atomic mass is 9.59. The summed E-state index contributed by atoms with van der Waals surface area (Å²) >= 11 is 0. The van der Waals surface area contributed by atoms with E-state index in [4.69, 9.17) is 0 Å². The average Bonchev–Trinajstić information content (AvgIpc) is 2.79. The summed E-state index contributed by atoms with van der Waals surface area (Å²) in [6.07, 6.45) is 12.1. The molecular weight excluding hydrogens is 354 g/mol. The zero-order valence-electron chi connectivity index (χ0n) is 17.1. The minimum Gasteiger partial charge on any atom is -0.335 e. The van der Waals surface area contributed by atoms with Crippen molar-refractivity contribution in [2.75, 3.05) is 0 Å². The number of carbonyl (C=O) groups excluding carboxylic acids is 1. The number of likely N-dealkylation sites (tertiary alicyclic amines) is 1. The third-order valence-electron chi connectivity index (χ3n) is 7.65. The Morgan fingerprint density at radius 1 is 0.793 bits per heavy atom. The lowest BCUT2D eigenvalue weighted by Gasteiger charge is -2.57. The Labute approximate surface area is 174 Å². The van der Waals surface area contributed by atoms with Crippen LogP contribution in [-0.2, 0) is 4.79 Å². The lowest BCUT2D eigenvalue weighted by molar-refractivity contribution is -0.131. The number of hydrogen-bond acceptors (Lipinski definition) is 1. The van der Waals surface area contributed by atoms with E-state index >= 15 is 0 Å². The molecule has 0 bridgehead atoms. The first-order valence-electron chi connectivity index (χ1n) is 11.4. The predicted octanol–water partition coefficient (Wildman–Crippen LogP) is 6.05. The largest absolute Gasteiger partial charge is 0.335 e. The monoisotopic (exact) mass is 385 g/mol. The summed E-state index contributed by atoms with van der Waals surface area (Å²) in [6.45, 7) is 0. The van der Waals surface area contributed by atoms with Crippen LogP contribution in [0.2, 0.25) is 0 Å². The fourth-order valence-electron chi connectivity index (χ4n) is 6.60. The maximum absolute atomic E-state index is 12.4. The average molecular weight is 386 g/mol. The van der Waals surface area contributed by atoms with Gasteiger partial charge in [0.2, 0.25) is 6.41 Å². The van der Waals surface area contributed by atoms with Crippen LogP contribution in [0.25, 0.3) is 6.08 Å². The highest BCUT2D eigenvalue weighted by Crippen LogP contribution is 2.53. The molecule has 2 aromatic carbocycles. The molecule has 1 amide bonds. The molecule has 0 aromatic heterocycles. The number of rotatable bonds is 3. The van der Waals surface area contributed by atoms with Gasteiger partial charge in [-0.25, -0.2) is 0 Å². The van der Waals surface area contributed by atoms with Crippen molar-refractivity contribution in [2.45, 2.75) is 62.9 Å². The highest BCUT2D eigenvalue weighted by atomic mass is 16.1. The summed E-state index contributed by atoms with van der Waals surface area (Å²) in [6, 6.07) is 22.5. The number of nitrogens with zero attached hydrogens (tertiary/aromatic N) is 1. The summed E-state index contributed by atoms with van der Waals surface area (Å²) in [4.78, 5) is 14.7. The molecule has 1 saturated heterocycles. The summed E-state index contributed by atoms with van der Waals surface area (Å²) in [7, 11) is 0. The van der Waals surface area contributed by atoms with Crippen molar-refractivity contribution in [1.82, 2.24) is 4.90 Å². The molecule has 150 valence electrons. The second-order valence-corrected chi connectivity index (χ2v) is 9.14. The Morgan fingerprint density at radius 2 is 1.48 bits per heavy atom. The Hall–Kier alpha value is -2.35. The number of carbonyl (C=O) groups is 1. The minimum atomic E-state index is 0.256. The van der Waals surface area contributed by atoms with Crippen molar-refractivity contribution in [3.05, 3.63) is 77.4 Å². The van der Waals surface area contributed by atoms with Crippen LogP contribution in [0, 0.1) is 11.8 Å². The van der Waals surface area contributed by atoms with Crippen LogP contribution < -0.4 is 0 Å². The Balaban J connectivity index is 1.60. The first kappa shape index (κ1) is 18.7.